The van der Waals surface area contributed by atoms with Gasteiger partial charge in [-0.05, 0) is 47.7 Å². The molecule has 0 bridgehead atoms. The molecule has 0 amide bonds. The molecule has 20 heavy (non-hydrogen) atoms. The number of ether oxygens (including phenoxy) is 1. The molecular weight excluding hydrogens is 316 g/mol. The van der Waals surface area contributed by atoms with Crippen molar-refractivity contribution in [2.24, 2.45) is 0 Å². The molecule has 2 nitrogen and oxygen atoms in total. The second kappa shape index (κ2) is 5.23. The van der Waals surface area contributed by atoms with Crippen LogP contribution >= 0.6 is 15.9 Å². The highest BCUT2D eigenvalue weighted by Gasteiger charge is 2.37. The van der Waals surface area contributed by atoms with Crippen LogP contribution < -0.4 is 4.74 Å². The molecule has 2 aromatic carbocycles. The SMILES string of the molecule is COc1ccc(Br)cc1CC1(O)CCc2ccccc21. The highest BCUT2D eigenvalue weighted by molar-refractivity contribution is 9.10. The predicted octanol–water partition coefficient (Wildman–Crippen LogP) is 3.83. The van der Waals surface area contributed by atoms with Gasteiger partial charge in [0, 0.05) is 10.9 Å². The second-order valence-electron chi connectivity index (χ2n) is 5.32. The van der Waals surface area contributed by atoms with E-state index in [-0.39, 0.29) is 0 Å². The van der Waals surface area contributed by atoms with Crippen LogP contribution in [0.3, 0.4) is 0 Å². The van der Waals surface area contributed by atoms with Gasteiger partial charge in [0.15, 0.2) is 0 Å². The largest absolute Gasteiger partial charge is 0.496 e. The van der Waals surface area contributed by atoms with Gasteiger partial charge in [0.05, 0.1) is 12.7 Å². The number of fused-ring (bicyclic) bond motifs is 1. The average Bonchev–Trinajstić information content (AvgIpc) is 2.77. The van der Waals surface area contributed by atoms with E-state index in [1.165, 1.54) is 5.56 Å². The fourth-order valence-electron chi connectivity index (χ4n) is 3.05. The Kier molecular flexibility index (Phi) is 3.57. The first-order chi connectivity index (χ1) is 9.62. The molecule has 0 spiro atoms. The van der Waals surface area contributed by atoms with Crippen LogP contribution in [0.2, 0.25) is 0 Å². The van der Waals surface area contributed by atoms with Crippen molar-refractivity contribution in [3.05, 3.63) is 63.6 Å². The van der Waals surface area contributed by atoms with E-state index in [0.717, 1.165) is 34.2 Å². The monoisotopic (exact) mass is 332 g/mol. The predicted molar refractivity (Wildman–Crippen MR) is 83.1 cm³/mol. The molecule has 3 heteroatoms. The van der Waals surface area contributed by atoms with Crippen molar-refractivity contribution in [3.8, 4) is 5.75 Å². The van der Waals surface area contributed by atoms with Gasteiger partial charge in [-0.25, -0.2) is 0 Å². The second-order valence-corrected chi connectivity index (χ2v) is 6.24. The number of methoxy groups -OCH3 is 1. The van der Waals surface area contributed by atoms with E-state index in [0.29, 0.717) is 6.42 Å². The van der Waals surface area contributed by atoms with Crippen LogP contribution in [0, 0.1) is 0 Å². The Labute approximate surface area is 127 Å². The first-order valence-electron chi connectivity index (χ1n) is 6.75. The Bertz CT molecular complexity index is 639. The number of aliphatic hydroxyl groups is 1. The molecule has 0 saturated carbocycles. The van der Waals surface area contributed by atoms with Crippen molar-refractivity contribution in [1.82, 2.24) is 0 Å². The van der Waals surface area contributed by atoms with E-state index in [1.807, 2.05) is 36.4 Å². The average molecular weight is 333 g/mol. The molecule has 1 atom stereocenters. The summed E-state index contributed by atoms with van der Waals surface area (Å²) in [6, 6.07) is 14.1. The Hall–Kier alpha value is -1.32. The third-order valence-corrected chi connectivity index (χ3v) is 4.55. The van der Waals surface area contributed by atoms with Gasteiger partial charge >= 0.3 is 0 Å². The molecular formula is C17H17BrO2. The standard InChI is InChI=1S/C17H17BrO2/c1-20-16-7-6-14(18)10-13(16)11-17(19)9-8-12-4-2-3-5-15(12)17/h2-7,10,19H,8-9,11H2,1H3. The zero-order chi connectivity index (χ0) is 14.2. The van der Waals surface area contributed by atoms with Gasteiger partial charge < -0.3 is 9.84 Å². The summed E-state index contributed by atoms with van der Waals surface area (Å²) in [6.45, 7) is 0. The van der Waals surface area contributed by atoms with Gasteiger partial charge in [-0.15, -0.1) is 0 Å². The molecule has 0 aliphatic heterocycles. The fourth-order valence-corrected chi connectivity index (χ4v) is 3.46. The van der Waals surface area contributed by atoms with Gasteiger partial charge in [-0.1, -0.05) is 40.2 Å². The number of rotatable bonds is 3. The van der Waals surface area contributed by atoms with Gasteiger partial charge in [-0.3, -0.25) is 0 Å². The smallest absolute Gasteiger partial charge is 0.122 e. The van der Waals surface area contributed by atoms with E-state index in [1.54, 1.807) is 7.11 Å². The quantitative estimate of drug-likeness (QED) is 0.925. The first kappa shape index (κ1) is 13.7. The van der Waals surface area contributed by atoms with Crippen LogP contribution in [-0.4, -0.2) is 12.2 Å². The molecule has 1 aliphatic carbocycles. The lowest BCUT2D eigenvalue weighted by molar-refractivity contribution is 0.0384. The number of hydrogen-bond donors (Lipinski definition) is 1. The maximum atomic E-state index is 11.0. The lowest BCUT2D eigenvalue weighted by Gasteiger charge is -2.25. The molecule has 2 aromatic rings. The van der Waals surface area contributed by atoms with Crippen LogP contribution in [0.5, 0.6) is 5.75 Å². The van der Waals surface area contributed by atoms with Crippen molar-refractivity contribution in [1.29, 1.82) is 0 Å². The highest BCUT2D eigenvalue weighted by Crippen LogP contribution is 2.41. The molecule has 0 aromatic heterocycles. The van der Waals surface area contributed by atoms with Crippen LogP contribution in [0.1, 0.15) is 23.1 Å². The summed E-state index contributed by atoms with van der Waals surface area (Å²) in [4.78, 5) is 0. The van der Waals surface area contributed by atoms with Crippen molar-refractivity contribution in [3.63, 3.8) is 0 Å². The van der Waals surface area contributed by atoms with E-state index in [2.05, 4.69) is 22.0 Å². The van der Waals surface area contributed by atoms with Crippen LogP contribution in [0.25, 0.3) is 0 Å². The summed E-state index contributed by atoms with van der Waals surface area (Å²) >= 11 is 3.49. The molecule has 0 fully saturated rings. The molecule has 1 N–H and O–H groups in total. The zero-order valence-corrected chi connectivity index (χ0v) is 13.0. The molecule has 104 valence electrons. The van der Waals surface area contributed by atoms with Crippen molar-refractivity contribution in [2.75, 3.05) is 7.11 Å². The Morgan fingerprint density at radius 2 is 2.05 bits per heavy atom. The number of halogens is 1. The van der Waals surface area contributed by atoms with E-state index in [4.69, 9.17) is 4.74 Å². The van der Waals surface area contributed by atoms with Gasteiger partial charge in [0.1, 0.15) is 5.75 Å². The normalized spacial score (nSPS) is 20.8. The number of aryl methyl sites for hydroxylation is 1. The van der Waals surface area contributed by atoms with Crippen molar-refractivity contribution < 1.29 is 9.84 Å². The summed E-state index contributed by atoms with van der Waals surface area (Å²) in [7, 11) is 1.67. The van der Waals surface area contributed by atoms with Crippen LogP contribution in [0.4, 0.5) is 0 Å². The van der Waals surface area contributed by atoms with Gasteiger partial charge in [0.2, 0.25) is 0 Å². The van der Waals surface area contributed by atoms with Crippen molar-refractivity contribution >= 4 is 15.9 Å². The molecule has 1 aliphatic rings. The molecule has 3 rings (SSSR count). The minimum absolute atomic E-state index is 0.576. The van der Waals surface area contributed by atoms with E-state index < -0.39 is 5.60 Å². The zero-order valence-electron chi connectivity index (χ0n) is 11.4. The first-order valence-corrected chi connectivity index (χ1v) is 7.55. The van der Waals surface area contributed by atoms with Crippen LogP contribution in [0.15, 0.2) is 46.9 Å². The summed E-state index contributed by atoms with van der Waals surface area (Å²) < 4.78 is 6.41. The Morgan fingerprint density at radius 3 is 2.85 bits per heavy atom. The minimum Gasteiger partial charge on any atom is -0.496 e. The van der Waals surface area contributed by atoms with Gasteiger partial charge in [-0.2, -0.15) is 0 Å². The molecule has 0 radical (unpaired) electrons. The van der Waals surface area contributed by atoms with Crippen LogP contribution in [-0.2, 0) is 18.4 Å². The summed E-state index contributed by atoms with van der Waals surface area (Å²) in [5.41, 5.74) is 2.55. The number of benzene rings is 2. The third kappa shape index (κ3) is 2.36. The molecule has 1 unspecified atom stereocenters. The summed E-state index contributed by atoms with van der Waals surface area (Å²) in [5, 5.41) is 11.0. The fraction of sp³-hybridized carbons (Fsp3) is 0.294. The topological polar surface area (TPSA) is 29.5 Å². The number of hydrogen-bond acceptors (Lipinski definition) is 2. The molecule has 0 saturated heterocycles. The Morgan fingerprint density at radius 1 is 1.25 bits per heavy atom. The maximum absolute atomic E-state index is 11.0. The maximum Gasteiger partial charge on any atom is 0.122 e. The van der Waals surface area contributed by atoms with E-state index >= 15 is 0 Å². The Balaban J connectivity index is 1.98. The third-order valence-electron chi connectivity index (χ3n) is 4.05. The lowest BCUT2D eigenvalue weighted by Crippen LogP contribution is -2.25. The summed E-state index contributed by atoms with van der Waals surface area (Å²) in [6.07, 6.45) is 2.28. The minimum atomic E-state index is -0.787. The molecule has 0 heterocycles. The summed E-state index contributed by atoms with van der Waals surface area (Å²) in [5.74, 6) is 0.825. The van der Waals surface area contributed by atoms with Crippen molar-refractivity contribution in [2.45, 2.75) is 24.9 Å². The van der Waals surface area contributed by atoms with Gasteiger partial charge in [0.25, 0.3) is 0 Å². The highest BCUT2D eigenvalue weighted by atomic mass is 79.9. The van der Waals surface area contributed by atoms with E-state index in [9.17, 15) is 5.11 Å². The lowest BCUT2D eigenvalue weighted by atomic mass is 9.88.